The number of H-pyrrole nitrogens is 1. The monoisotopic (exact) mass is 496 g/mol. The smallest absolute Gasteiger partial charge is 0.332 e. The van der Waals surface area contributed by atoms with Crippen molar-refractivity contribution in [2.24, 2.45) is 0 Å². The molecule has 3 aromatic heterocycles. The number of amides is 2. The van der Waals surface area contributed by atoms with E-state index in [1.807, 2.05) is 24.0 Å². The molecule has 0 aliphatic carbocycles. The van der Waals surface area contributed by atoms with Crippen LogP contribution in [0, 0.1) is 0 Å². The summed E-state index contributed by atoms with van der Waals surface area (Å²) < 4.78 is 2.61. The van der Waals surface area contributed by atoms with Crippen molar-refractivity contribution in [3.63, 3.8) is 0 Å². The molecule has 1 aliphatic heterocycles. The standard InChI is InChI=1S/C24H32N8O4/c1-3-11-31-22-20(23(35)32(24(31)36)14-10-25-16(2)33)28-21(29-22)17-7-8-18(27-15-17)26-9-5-13-30-12-4-6-19(30)34/h7-8,15H,3-6,9-14H2,1-2H3,(H,25,33)(H,26,27)(H,28,29). The molecule has 4 heterocycles. The van der Waals surface area contributed by atoms with Crippen molar-refractivity contribution in [1.29, 1.82) is 0 Å². The van der Waals surface area contributed by atoms with Gasteiger partial charge in [-0.05, 0) is 31.4 Å². The lowest BCUT2D eigenvalue weighted by Gasteiger charge is -2.15. The van der Waals surface area contributed by atoms with Gasteiger partial charge in [0.15, 0.2) is 5.65 Å². The van der Waals surface area contributed by atoms with Crippen molar-refractivity contribution in [1.82, 2.24) is 34.3 Å². The molecule has 192 valence electrons. The molecule has 0 radical (unpaired) electrons. The molecule has 12 heteroatoms. The highest BCUT2D eigenvalue weighted by Crippen LogP contribution is 2.19. The molecule has 1 aliphatic rings. The summed E-state index contributed by atoms with van der Waals surface area (Å²) in [6.07, 6.45) is 4.77. The van der Waals surface area contributed by atoms with Gasteiger partial charge in [0.25, 0.3) is 5.56 Å². The van der Waals surface area contributed by atoms with Crippen LogP contribution in [0.4, 0.5) is 5.82 Å². The fraction of sp³-hybridized carbons (Fsp3) is 0.500. The van der Waals surface area contributed by atoms with Gasteiger partial charge in [0, 0.05) is 64.4 Å². The van der Waals surface area contributed by atoms with E-state index in [0.29, 0.717) is 48.8 Å². The molecule has 2 amide bonds. The van der Waals surface area contributed by atoms with E-state index >= 15 is 0 Å². The largest absolute Gasteiger partial charge is 0.370 e. The molecular weight excluding hydrogens is 464 g/mol. The average molecular weight is 497 g/mol. The summed E-state index contributed by atoms with van der Waals surface area (Å²) in [6, 6.07) is 3.67. The minimum absolute atomic E-state index is 0.0685. The lowest BCUT2D eigenvalue weighted by Crippen LogP contribution is -2.42. The van der Waals surface area contributed by atoms with E-state index in [0.717, 1.165) is 30.5 Å². The zero-order valence-corrected chi connectivity index (χ0v) is 20.7. The second-order valence-electron chi connectivity index (χ2n) is 8.85. The van der Waals surface area contributed by atoms with Crippen LogP contribution in [0.3, 0.4) is 0 Å². The Morgan fingerprint density at radius 1 is 1.11 bits per heavy atom. The zero-order chi connectivity index (χ0) is 25.7. The van der Waals surface area contributed by atoms with Crippen LogP contribution in [-0.4, -0.2) is 67.0 Å². The van der Waals surface area contributed by atoms with Gasteiger partial charge in [0.2, 0.25) is 11.8 Å². The van der Waals surface area contributed by atoms with Gasteiger partial charge < -0.3 is 20.5 Å². The number of nitrogens with zero attached hydrogens (tertiary/aromatic N) is 5. The Kier molecular flexibility index (Phi) is 7.81. The number of aryl methyl sites for hydroxylation is 1. The Labute approximate surface area is 207 Å². The van der Waals surface area contributed by atoms with Crippen LogP contribution in [0.5, 0.6) is 0 Å². The van der Waals surface area contributed by atoms with E-state index in [4.69, 9.17) is 0 Å². The van der Waals surface area contributed by atoms with Crippen molar-refractivity contribution in [3.8, 4) is 11.4 Å². The molecule has 0 bridgehead atoms. The van der Waals surface area contributed by atoms with Gasteiger partial charge in [0.1, 0.15) is 17.2 Å². The molecule has 4 rings (SSSR count). The number of fused-ring (bicyclic) bond motifs is 1. The number of pyridine rings is 1. The number of likely N-dealkylation sites (tertiary alicyclic amines) is 1. The number of hydrogen-bond donors (Lipinski definition) is 3. The first kappa shape index (κ1) is 25.1. The molecule has 12 nitrogen and oxygen atoms in total. The highest BCUT2D eigenvalue weighted by atomic mass is 16.2. The quantitative estimate of drug-likeness (QED) is 0.335. The number of carbonyl (C=O) groups excluding carboxylic acids is 2. The van der Waals surface area contributed by atoms with Crippen molar-refractivity contribution in [2.45, 2.75) is 52.6 Å². The van der Waals surface area contributed by atoms with E-state index in [1.165, 1.54) is 11.5 Å². The Bertz CT molecular complexity index is 1360. The number of hydrogen-bond acceptors (Lipinski definition) is 7. The highest BCUT2D eigenvalue weighted by Gasteiger charge is 2.19. The Morgan fingerprint density at radius 3 is 2.61 bits per heavy atom. The van der Waals surface area contributed by atoms with Gasteiger partial charge >= 0.3 is 5.69 Å². The van der Waals surface area contributed by atoms with Gasteiger partial charge in [-0.15, -0.1) is 0 Å². The van der Waals surface area contributed by atoms with E-state index in [2.05, 4.69) is 25.6 Å². The molecule has 1 saturated heterocycles. The van der Waals surface area contributed by atoms with Gasteiger partial charge in [0.05, 0.1) is 0 Å². The first-order chi connectivity index (χ1) is 17.4. The van der Waals surface area contributed by atoms with Crippen LogP contribution in [0.25, 0.3) is 22.6 Å². The highest BCUT2D eigenvalue weighted by molar-refractivity contribution is 5.78. The van der Waals surface area contributed by atoms with Crippen molar-refractivity contribution < 1.29 is 9.59 Å². The summed E-state index contributed by atoms with van der Waals surface area (Å²) in [7, 11) is 0. The lowest BCUT2D eigenvalue weighted by molar-refractivity contribution is -0.127. The minimum Gasteiger partial charge on any atom is -0.370 e. The van der Waals surface area contributed by atoms with E-state index < -0.39 is 11.2 Å². The summed E-state index contributed by atoms with van der Waals surface area (Å²) in [5.41, 5.74) is 0.287. The maximum Gasteiger partial charge on any atom is 0.332 e. The topological polar surface area (TPSA) is 147 Å². The molecule has 0 saturated carbocycles. The molecule has 3 N–H and O–H groups in total. The molecule has 0 spiro atoms. The summed E-state index contributed by atoms with van der Waals surface area (Å²) in [5.74, 6) is 1.14. The summed E-state index contributed by atoms with van der Waals surface area (Å²) in [5, 5.41) is 5.87. The normalized spacial score (nSPS) is 13.5. The maximum atomic E-state index is 13.1. The van der Waals surface area contributed by atoms with Crippen LogP contribution < -0.4 is 21.9 Å². The lowest BCUT2D eigenvalue weighted by atomic mass is 10.2. The van der Waals surface area contributed by atoms with E-state index in [9.17, 15) is 19.2 Å². The Hall–Kier alpha value is -3.96. The predicted octanol–water partition coefficient (Wildman–Crippen LogP) is 0.919. The van der Waals surface area contributed by atoms with Gasteiger partial charge in [-0.1, -0.05) is 6.92 Å². The van der Waals surface area contributed by atoms with Crippen LogP contribution in [-0.2, 0) is 22.7 Å². The van der Waals surface area contributed by atoms with Crippen molar-refractivity contribution >= 4 is 28.8 Å². The average Bonchev–Trinajstić information content (AvgIpc) is 3.48. The van der Waals surface area contributed by atoms with E-state index in [1.54, 1.807) is 6.20 Å². The molecule has 0 aromatic carbocycles. The molecule has 3 aromatic rings. The third kappa shape index (κ3) is 5.47. The Morgan fingerprint density at radius 2 is 1.94 bits per heavy atom. The summed E-state index contributed by atoms with van der Waals surface area (Å²) in [6.45, 7) is 6.26. The zero-order valence-electron chi connectivity index (χ0n) is 20.7. The van der Waals surface area contributed by atoms with Gasteiger partial charge in [-0.25, -0.2) is 14.8 Å². The van der Waals surface area contributed by atoms with Crippen molar-refractivity contribution in [3.05, 3.63) is 39.2 Å². The number of nitrogens with one attached hydrogen (secondary N) is 3. The fourth-order valence-corrected chi connectivity index (χ4v) is 4.33. The number of anilines is 1. The third-order valence-corrected chi connectivity index (χ3v) is 6.14. The molecule has 0 atom stereocenters. The minimum atomic E-state index is -0.478. The number of aromatic nitrogens is 5. The molecule has 0 unspecified atom stereocenters. The SMILES string of the molecule is CCCn1c(=O)n(CCNC(C)=O)c(=O)c2[nH]c(-c3ccc(NCCCN4CCCC4=O)nc3)nc21. The maximum absolute atomic E-state index is 13.1. The number of carbonyl (C=O) groups is 2. The van der Waals surface area contributed by atoms with Crippen LogP contribution in [0.15, 0.2) is 27.9 Å². The van der Waals surface area contributed by atoms with Crippen LogP contribution in [0.1, 0.15) is 39.5 Å². The number of rotatable bonds is 11. The molecular formula is C24H32N8O4. The predicted molar refractivity (Wildman–Crippen MR) is 136 cm³/mol. The summed E-state index contributed by atoms with van der Waals surface area (Å²) in [4.78, 5) is 62.9. The van der Waals surface area contributed by atoms with Gasteiger partial charge in [-0.3, -0.25) is 23.5 Å². The van der Waals surface area contributed by atoms with Gasteiger partial charge in [-0.2, -0.15) is 0 Å². The number of aromatic amines is 1. The first-order valence-corrected chi connectivity index (χ1v) is 12.3. The third-order valence-electron chi connectivity index (χ3n) is 6.14. The molecule has 1 fully saturated rings. The van der Waals surface area contributed by atoms with Crippen molar-refractivity contribution in [2.75, 3.05) is 31.5 Å². The van der Waals surface area contributed by atoms with Crippen LogP contribution >= 0.6 is 0 Å². The molecule has 36 heavy (non-hydrogen) atoms. The second-order valence-corrected chi connectivity index (χ2v) is 8.85. The first-order valence-electron chi connectivity index (χ1n) is 12.3. The second kappa shape index (κ2) is 11.2. The summed E-state index contributed by atoms with van der Waals surface area (Å²) >= 11 is 0. The number of imidazole rings is 1. The Balaban J connectivity index is 1.51. The van der Waals surface area contributed by atoms with E-state index in [-0.39, 0.29) is 30.4 Å². The van der Waals surface area contributed by atoms with Crippen LogP contribution in [0.2, 0.25) is 0 Å². The fourth-order valence-electron chi connectivity index (χ4n) is 4.33.